The van der Waals surface area contributed by atoms with E-state index in [2.05, 4.69) is 117 Å². The van der Waals surface area contributed by atoms with Gasteiger partial charge in [-0.3, -0.25) is 0 Å². The molecule has 0 atom stereocenters. The predicted octanol–water partition coefficient (Wildman–Crippen LogP) is 11.3. The van der Waals surface area contributed by atoms with Gasteiger partial charge in [-0.1, -0.05) is 123 Å². The van der Waals surface area contributed by atoms with Gasteiger partial charge in [0.2, 0.25) is 0 Å². The lowest BCUT2D eigenvalue weighted by Crippen LogP contribution is -2.15. The highest BCUT2D eigenvalue weighted by molar-refractivity contribution is 5.85. The fourth-order valence-corrected chi connectivity index (χ4v) is 6.96. The maximum absolute atomic E-state index is 6.57. The lowest BCUT2D eigenvalue weighted by molar-refractivity contribution is 0.359. The Hall–Kier alpha value is -6.00. The van der Waals surface area contributed by atoms with Crippen molar-refractivity contribution in [2.24, 2.45) is 0 Å². The maximum atomic E-state index is 6.57. The first-order valence-electron chi connectivity index (χ1n) is 15.9. The van der Waals surface area contributed by atoms with Crippen LogP contribution < -0.4 is 9.47 Å². The molecule has 1 aliphatic heterocycles. The van der Waals surface area contributed by atoms with Gasteiger partial charge in [-0.25, -0.2) is 9.97 Å². The Morgan fingerprint density at radius 1 is 0.404 bits per heavy atom. The van der Waals surface area contributed by atoms with Gasteiger partial charge in [0.1, 0.15) is 0 Å². The number of rotatable bonds is 4. The highest BCUT2D eigenvalue weighted by Crippen LogP contribution is 2.55. The molecule has 4 nitrogen and oxygen atoms in total. The normalized spacial score (nSPS) is 13.4. The van der Waals surface area contributed by atoms with Gasteiger partial charge in [0.25, 0.3) is 0 Å². The summed E-state index contributed by atoms with van der Waals surface area (Å²) >= 11 is 0. The third kappa shape index (κ3) is 4.52. The summed E-state index contributed by atoms with van der Waals surface area (Å²) in [6.45, 7) is 4.54. The molecule has 0 N–H and O–H groups in total. The fourth-order valence-electron chi connectivity index (χ4n) is 6.96. The number of hydrogen-bond donors (Lipinski definition) is 0. The molecule has 7 aromatic rings. The first kappa shape index (κ1) is 27.3. The summed E-state index contributed by atoms with van der Waals surface area (Å²) in [6.07, 6.45) is 0. The highest BCUT2D eigenvalue weighted by atomic mass is 16.6. The number of benzene rings is 6. The van der Waals surface area contributed by atoms with Gasteiger partial charge in [0.05, 0.1) is 11.4 Å². The van der Waals surface area contributed by atoms with Gasteiger partial charge in [0.15, 0.2) is 28.8 Å². The molecule has 1 aromatic heterocycles. The fraction of sp³-hybridized carbons (Fsp3) is 0.0698. The van der Waals surface area contributed by atoms with Crippen LogP contribution in [0.25, 0.3) is 56.2 Å². The van der Waals surface area contributed by atoms with E-state index in [0.717, 1.165) is 45.0 Å². The van der Waals surface area contributed by atoms with Crippen molar-refractivity contribution in [3.63, 3.8) is 0 Å². The van der Waals surface area contributed by atoms with Crippen LogP contribution in [0.2, 0.25) is 0 Å². The minimum absolute atomic E-state index is 0.119. The van der Waals surface area contributed by atoms with Crippen LogP contribution in [0.3, 0.4) is 0 Å². The Balaban J connectivity index is 1.15. The van der Waals surface area contributed by atoms with E-state index in [-0.39, 0.29) is 5.41 Å². The van der Waals surface area contributed by atoms with Crippen molar-refractivity contribution >= 4 is 0 Å². The summed E-state index contributed by atoms with van der Waals surface area (Å²) in [6, 6.07) is 50.0. The minimum Gasteiger partial charge on any atom is -0.450 e. The summed E-state index contributed by atoms with van der Waals surface area (Å²) in [4.78, 5) is 10.2. The molecule has 0 saturated carbocycles. The summed E-state index contributed by atoms with van der Waals surface area (Å²) in [5.74, 6) is 3.36. The molecule has 2 heterocycles. The average molecular weight is 607 g/mol. The van der Waals surface area contributed by atoms with Crippen LogP contribution in [-0.4, -0.2) is 9.97 Å². The van der Waals surface area contributed by atoms with Crippen LogP contribution in [0.1, 0.15) is 25.0 Å². The summed E-state index contributed by atoms with van der Waals surface area (Å²) in [5.41, 5.74) is 11.8. The molecule has 224 valence electrons. The van der Waals surface area contributed by atoms with E-state index in [1.807, 2.05) is 42.5 Å². The first-order valence-corrected chi connectivity index (χ1v) is 15.9. The van der Waals surface area contributed by atoms with Gasteiger partial charge in [-0.15, -0.1) is 0 Å². The van der Waals surface area contributed by atoms with Gasteiger partial charge >= 0.3 is 0 Å². The molecule has 0 amide bonds. The van der Waals surface area contributed by atoms with E-state index in [1.165, 1.54) is 22.3 Å². The molecule has 6 aromatic carbocycles. The van der Waals surface area contributed by atoms with Gasteiger partial charge < -0.3 is 9.47 Å². The largest absolute Gasteiger partial charge is 0.450 e. The molecule has 0 fully saturated rings. The SMILES string of the molecule is CC1(C)c2ccccc2-c2cc3c(cc21)Oc1ccc(-c2nc(-c4ccccc4)cc(-c4ccccc4-c4ccccc4)n2)cc1O3. The van der Waals surface area contributed by atoms with E-state index < -0.39 is 0 Å². The second kappa shape index (κ2) is 10.5. The van der Waals surface area contributed by atoms with Crippen molar-refractivity contribution in [1.82, 2.24) is 9.97 Å². The monoisotopic (exact) mass is 606 g/mol. The predicted molar refractivity (Wildman–Crippen MR) is 188 cm³/mol. The zero-order valence-electron chi connectivity index (χ0n) is 26.1. The van der Waals surface area contributed by atoms with Crippen molar-refractivity contribution < 1.29 is 9.47 Å². The minimum atomic E-state index is -0.119. The van der Waals surface area contributed by atoms with Crippen molar-refractivity contribution in [2.45, 2.75) is 19.3 Å². The molecule has 2 aliphatic rings. The number of fused-ring (bicyclic) bond motifs is 5. The number of nitrogens with zero attached hydrogens (tertiary/aromatic N) is 2. The van der Waals surface area contributed by atoms with Crippen LogP contribution in [-0.2, 0) is 5.41 Å². The van der Waals surface area contributed by atoms with Crippen LogP contribution >= 0.6 is 0 Å². The molecule has 0 spiro atoms. The molecule has 0 radical (unpaired) electrons. The van der Waals surface area contributed by atoms with E-state index in [9.17, 15) is 0 Å². The van der Waals surface area contributed by atoms with E-state index in [4.69, 9.17) is 19.4 Å². The van der Waals surface area contributed by atoms with E-state index >= 15 is 0 Å². The molecule has 47 heavy (non-hydrogen) atoms. The molecule has 1 aliphatic carbocycles. The molecule has 0 saturated heterocycles. The third-order valence-electron chi connectivity index (χ3n) is 9.37. The second-order valence-corrected chi connectivity index (χ2v) is 12.6. The standard InChI is InChI=1S/C43H30N2O2/c1-43(2)34-20-12-11-18-31(34)33-24-40-41(25-35(33)43)46-38-22-21-29(23-39(38)47-40)42-44-36(28-15-7-4-8-16-28)26-37(45-42)32-19-10-9-17-30(32)27-13-5-3-6-14-27/h3-26H,1-2H3. The van der Waals surface area contributed by atoms with Crippen molar-refractivity contribution in [3.8, 4) is 79.2 Å². The molecule has 0 unspecified atom stereocenters. The number of ether oxygens (including phenoxy) is 2. The van der Waals surface area contributed by atoms with Crippen molar-refractivity contribution in [3.05, 3.63) is 157 Å². The molecule has 0 bridgehead atoms. The highest BCUT2D eigenvalue weighted by Gasteiger charge is 2.37. The maximum Gasteiger partial charge on any atom is 0.170 e. The Morgan fingerprint density at radius 2 is 1.00 bits per heavy atom. The van der Waals surface area contributed by atoms with Crippen LogP contribution in [0.4, 0.5) is 0 Å². The lowest BCUT2D eigenvalue weighted by atomic mass is 9.82. The molecule has 4 heteroatoms. The lowest BCUT2D eigenvalue weighted by Gasteiger charge is -2.25. The smallest absolute Gasteiger partial charge is 0.170 e. The summed E-state index contributed by atoms with van der Waals surface area (Å²) in [7, 11) is 0. The van der Waals surface area contributed by atoms with Gasteiger partial charge in [-0.05, 0) is 69.8 Å². The van der Waals surface area contributed by atoms with Crippen LogP contribution in [0, 0.1) is 0 Å². The Labute approximate surface area is 274 Å². The van der Waals surface area contributed by atoms with Crippen molar-refractivity contribution in [2.75, 3.05) is 0 Å². The summed E-state index contributed by atoms with van der Waals surface area (Å²) < 4.78 is 13.0. The van der Waals surface area contributed by atoms with Crippen molar-refractivity contribution in [1.29, 1.82) is 0 Å². The second-order valence-electron chi connectivity index (χ2n) is 12.6. The zero-order chi connectivity index (χ0) is 31.5. The average Bonchev–Trinajstić information content (AvgIpc) is 3.35. The van der Waals surface area contributed by atoms with E-state index in [0.29, 0.717) is 23.1 Å². The molecular weight excluding hydrogens is 576 g/mol. The Kier molecular flexibility index (Phi) is 6.12. The van der Waals surface area contributed by atoms with Crippen LogP contribution in [0.5, 0.6) is 23.0 Å². The molecule has 9 rings (SSSR count). The van der Waals surface area contributed by atoms with E-state index in [1.54, 1.807) is 0 Å². The summed E-state index contributed by atoms with van der Waals surface area (Å²) in [5, 5.41) is 0. The Bertz CT molecular complexity index is 2330. The third-order valence-corrected chi connectivity index (χ3v) is 9.37. The zero-order valence-corrected chi connectivity index (χ0v) is 26.1. The first-order chi connectivity index (χ1) is 23.0. The molecular formula is C43H30N2O2. The quantitative estimate of drug-likeness (QED) is 0.200. The number of hydrogen-bond acceptors (Lipinski definition) is 4. The topological polar surface area (TPSA) is 44.2 Å². The Morgan fingerprint density at radius 3 is 1.79 bits per heavy atom. The van der Waals surface area contributed by atoms with Crippen LogP contribution in [0.15, 0.2) is 146 Å². The van der Waals surface area contributed by atoms with Gasteiger partial charge in [0, 0.05) is 22.1 Å². The number of aromatic nitrogens is 2. The van der Waals surface area contributed by atoms with Gasteiger partial charge in [-0.2, -0.15) is 0 Å².